The molecule has 13 heavy (non-hydrogen) atoms. The molecule has 0 radical (unpaired) electrons. The molecule has 1 fully saturated rings. The van der Waals surface area contributed by atoms with E-state index in [9.17, 15) is 0 Å². The van der Waals surface area contributed by atoms with Gasteiger partial charge in [0.25, 0.3) is 0 Å². The minimum Gasteiger partial charge on any atom is -0.330 e. The molecule has 1 aliphatic heterocycles. The van der Waals surface area contributed by atoms with E-state index in [4.69, 9.17) is 5.73 Å². The van der Waals surface area contributed by atoms with Crippen molar-refractivity contribution in [2.45, 2.75) is 45.6 Å². The van der Waals surface area contributed by atoms with Crippen LogP contribution < -0.4 is 5.73 Å². The van der Waals surface area contributed by atoms with E-state index in [1.165, 1.54) is 38.8 Å². The van der Waals surface area contributed by atoms with Crippen LogP contribution in [0.2, 0.25) is 0 Å². The lowest BCUT2D eigenvalue weighted by Crippen LogP contribution is -2.43. The second kappa shape index (κ2) is 5.61. The fourth-order valence-electron chi connectivity index (χ4n) is 2.43. The van der Waals surface area contributed by atoms with Crippen molar-refractivity contribution in [3.05, 3.63) is 0 Å². The largest absolute Gasteiger partial charge is 0.330 e. The van der Waals surface area contributed by atoms with Crippen LogP contribution in [0.25, 0.3) is 0 Å². The summed E-state index contributed by atoms with van der Waals surface area (Å²) in [5, 5.41) is 0. The number of piperidine rings is 1. The van der Waals surface area contributed by atoms with E-state index in [0.717, 1.165) is 18.5 Å². The Labute approximate surface area is 82.5 Å². The normalized spacial score (nSPS) is 25.4. The summed E-state index contributed by atoms with van der Waals surface area (Å²) in [6.45, 7) is 7.99. The van der Waals surface area contributed by atoms with Crippen LogP contribution in [0.4, 0.5) is 0 Å². The van der Waals surface area contributed by atoms with Crippen molar-refractivity contribution in [3.63, 3.8) is 0 Å². The van der Waals surface area contributed by atoms with Crippen molar-refractivity contribution < 1.29 is 0 Å². The Hall–Kier alpha value is -0.0800. The SMILES string of the molecule is CCC(CC)N1CCCC(CN)C1. The molecule has 1 saturated heterocycles. The quantitative estimate of drug-likeness (QED) is 0.722. The van der Waals surface area contributed by atoms with Gasteiger partial charge in [0.2, 0.25) is 0 Å². The molecule has 0 amide bonds. The Balaban J connectivity index is 2.40. The highest BCUT2D eigenvalue weighted by molar-refractivity contribution is 4.78. The molecular weight excluding hydrogens is 160 g/mol. The van der Waals surface area contributed by atoms with Crippen LogP contribution >= 0.6 is 0 Å². The summed E-state index contributed by atoms with van der Waals surface area (Å²) in [7, 11) is 0. The second-order valence-corrected chi connectivity index (χ2v) is 4.21. The van der Waals surface area contributed by atoms with Gasteiger partial charge in [0.05, 0.1) is 0 Å². The molecule has 0 aromatic carbocycles. The predicted molar refractivity (Wildman–Crippen MR) is 57.7 cm³/mol. The Morgan fingerprint density at radius 3 is 2.62 bits per heavy atom. The second-order valence-electron chi connectivity index (χ2n) is 4.21. The maximum atomic E-state index is 5.72. The minimum absolute atomic E-state index is 0.759. The fourth-order valence-corrected chi connectivity index (χ4v) is 2.43. The summed E-state index contributed by atoms with van der Waals surface area (Å²) in [4.78, 5) is 2.64. The Bertz CT molecular complexity index is 132. The van der Waals surface area contributed by atoms with Crippen LogP contribution in [0.3, 0.4) is 0 Å². The van der Waals surface area contributed by atoms with Crippen LogP contribution in [-0.4, -0.2) is 30.6 Å². The van der Waals surface area contributed by atoms with Crippen LogP contribution in [0.1, 0.15) is 39.5 Å². The molecule has 1 aliphatic rings. The molecule has 2 N–H and O–H groups in total. The van der Waals surface area contributed by atoms with Crippen molar-refractivity contribution in [3.8, 4) is 0 Å². The van der Waals surface area contributed by atoms with Gasteiger partial charge in [0.15, 0.2) is 0 Å². The van der Waals surface area contributed by atoms with Crippen molar-refractivity contribution in [2.24, 2.45) is 11.7 Å². The molecule has 1 unspecified atom stereocenters. The van der Waals surface area contributed by atoms with Crippen LogP contribution in [0, 0.1) is 5.92 Å². The summed E-state index contributed by atoms with van der Waals surface area (Å²) in [6.07, 6.45) is 5.26. The standard InChI is InChI=1S/C11H24N2/c1-3-11(4-2)13-7-5-6-10(8-12)9-13/h10-11H,3-9,12H2,1-2H3. The minimum atomic E-state index is 0.759. The molecule has 0 saturated carbocycles. The number of rotatable bonds is 4. The van der Waals surface area contributed by atoms with E-state index in [-0.39, 0.29) is 0 Å². The zero-order valence-corrected chi connectivity index (χ0v) is 9.13. The van der Waals surface area contributed by atoms with Gasteiger partial charge in [-0.15, -0.1) is 0 Å². The third-order valence-corrected chi connectivity index (χ3v) is 3.34. The molecule has 1 atom stereocenters. The van der Waals surface area contributed by atoms with Crippen LogP contribution in [0.5, 0.6) is 0 Å². The van der Waals surface area contributed by atoms with Gasteiger partial charge < -0.3 is 10.6 Å². The molecule has 1 rings (SSSR count). The summed E-state index contributed by atoms with van der Waals surface area (Å²) in [6, 6.07) is 0.800. The number of nitrogens with two attached hydrogens (primary N) is 1. The number of hydrogen-bond donors (Lipinski definition) is 1. The summed E-state index contributed by atoms with van der Waals surface area (Å²) >= 11 is 0. The maximum Gasteiger partial charge on any atom is 0.00901 e. The van der Waals surface area contributed by atoms with Crippen molar-refractivity contribution in [1.29, 1.82) is 0 Å². The molecule has 0 aliphatic carbocycles. The van der Waals surface area contributed by atoms with Gasteiger partial charge in [-0.3, -0.25) is 0 Å². The third kappa shape index (κ3) is 2.96. The summed E-state index contributed by atoms with van der Waals surface area (Å²) in [5.41, 5.74) is 5.72. The molecular formula is C11H24N2. The average molecular weight is 184 g/mol. The third-order valence-electron chi connectivity index (χ3n) is 3.34. The molecule has 0 aromatic heterocycles. The molecule has 2 heteroatoms. The lowest BCUT2D eigenvalue weighted by molar-refractivity contribution is 0.119. The van der Waals surface area contributed by atoms with Gasteiger partial charge in [-0.05, 0) is 44.7 Å². The first-order chi connectivity index (χ1) is 6.31. The first-order valence-electron chi connectivity index (χ1n) is 5.75. The first kappa shape index (κ1) is 11.0. The molecule has 78 valence electrons. The van der Waals surface area contributed by atoms with Gasteiger partial charge in [0.1, 0.15) is 0 Å². The first-order valence-corrected chi connectivity index (χ1v) is 5.75. The van der Waals surface area contributed by atoms with Gasteiger partial charge in [-0.1, -0.05) is 13.8 Å². The average Bonchev–Trinajstić information content (AvgIpc) is 2.20. The number of nitrogens with zero attached hydrogens (tertiary/aromatic N) is 1. The zero-order valence-electron chi connectivity index (χ0n) is 9.13. The predicted octanol–water partition coefficient (Wildman–Crippen LogP) is 1.85. The highest BCUT2D eigenvalue weighted by Gasteiger charge is 2.22. The van der Waals surface area contributed by atoms with Gasteiger partial charge in [0, 0.05) is 12.6 Å². The molecule has 0 bridgehead atoms. The van der Waals surface area contributed by atoms with Crippen molar-refractivity contribution in [1.82, 2.24) is 4.90 Å². The van der Waals surface area contributed by atoms with Gasteiger partial charge in [-0.2, -0.15) is 0 Å². The zero-order chi connectivity index (χ0) is 9.68. The molecule has 0 spiro atoms. The highest BCUT2D eigenvalue weighted by Crippen LogP contribution is 2.19. The van der Waals surface area contributed by atoms with Crippen LogP contribution in [0.15, 0.2) is 0 Å². The monoisotopic (exact) mass is 184 g/mol. The number of likely N-dealkylation sites (tertiary alicyclic amines) is 1. The molecule has 0 aromatic rings. The van der Waals surface area contributed by atoms with E-state index < -0.39 is 0 Å². The van der Waals surface area contributed by atoms with E-state index in [1.807, 2.05) is 0 Å². The molecule has 1 heterocycles. The summed E-state index contributed by atoms with van der Waals surface area (Å²) < 4.78 is 0. The van der Waals surface area contributed by atoms with E-state index >= 15 is 0 Å². The lowest BCUT2D eigenvalue weighted by atomic mass is 9.96. The molecule has 2 nitrogen and oxygen atoms in total. The van der Waals surface area contributed by atoms with E-state index in [2.05, 4.69) is 18.7 Å². The van der Waals surface area contributed by atoms with Crippen molar-refractivity contribution in [2.75, 3.05) is 19.6 Å². The lowest BCUT2D eigenvalue weighted by Gasteiger charge is -2.37. The smallest absolute Gasteiger partial charge is 0.00901 e. The van der Waals surface area contributed by atoms with Gasteiger partial charge >= 0.3 is 0 Å². The Morgan fingerprint density at radius 2 is 2.08 bits per heavy atom. The van der Waals surface area contributed by atoms with E-state index in [0.29, 0.717) is 0 Å². The Morgan fingerprint density at radius 1 is 1.38 bits per heavy atom. The fraction of sp³-hybridized carbons (Fsp3) is 1.00. The topological polar surface area (TPSA) is 29.3 Å². The number of hydrogen-bond acceptors (Lipinski definition) is 2. The van der Waals surface area contributed by atoms with Crippen molar-refractivity contribution >= 4 is 0 Å². The van der Waals surface area contributed by atoms with E-state index in [1.54, 1.807) is 0 Å². The van der Waals surface area contributed by atoms with Gasteiger partial charge in [-0.25, -0.2) is 0 Å². The maximum absolute atomic E-state index is 5.72. The highest BCUT2D eigenvalue weighted by atomic mass is 15.2. The summed E-state index contributed by atoms with van der Waals surface area (Å²) in [5.74, 6) is 0.759. The van der Waals surface area contributed by atoms with Crippen LogP contribution in [-0.2, 0) is 0 Å². The Kier molecular flexibility index (Phi) is 4.74.